The number of hydrogen-bond donors (Lipinski definition) is 2. The number of rotatable bonds is 7. The van der Waals surface area contributed by atoms with Gasteiger partial charge in [0.2, 0.25) is 5.91 Å². The average Bonchev–Trinajstić information content (AvgIpc) is 2.81. The number of carbonyl (C=O) groups excluding carboxylic acids is 2. The lowest BCUT2D eigenvalue weighted by Gasteiger charge is -2.33. The molecule has 2 aromatic rings. The molecule has 1 aromatic carbocycles. The first-order chi connectivity index (χ1) is 15.1. The maximum absolute atomic E-state index is 12.8. The minimum atomic E-state index is -0.236. The minimum absolute atomic E-state index is 0.000943. The van der Waals surface area contributed by atoms with E-state index >= 15 is 0 Å². The van der Waals surface area contributed by atoms with Gasteiger partial charge in [-0.05, 0) is 55.4 Å². The van der Waals surface area contributed by atoms with Gasteiger partial charge in [-0.3, -0.25) is 9.59 Å². The van der Waals surface area contributed by atoms with Gasteiger partial charge in [-0.15, -0.1) is 0 Å². The number of unbranched alkanes of at least 4 members (excludes halogenated alkanes) is 1. The Hall–Kier alpha value is -2.93. The molecule has 0 spiro atoms. The number of nitrogens with zero attached hydrogens (tertiary/aromatic N) is 2. The van der Waals surface area contributed by atoms with Crippen LogP contribution in [0.25, 0.3) is 0 Å². The molecule has 7 heteroatoms. The van der Waals surface area contributed by atoms with Crippen LogP contribution in [0, 0.1) is 5.92 Å². The first kappa shape index (κ1) is 21.3. The van der Waals surface area contributed by atoms with Crippen molar-refractivity contribution < 1.29 is 14.3 Å². The summed E-state index contributed by atoms with van der Waals surface area (Å²) in [6, 6.07) is 9.72. The Morgan fingerprint density at radius 3 is 2.77 bits per heavy atom. The molecule has 3 heterocycles. The number of anilines is 3. The third-order valence-corrected chi connectivity index (χ3v) is 5.94. The standard InChI is InChI=1S/C24H30N4O3/c1-2-3-4-17-5-7-20(8-6-17)27-24(30)19-13-21-23(25-14-19)26-15-22(29)28(21)16-18-9-11-31-12-10-18/h5-8,13-14,18H,2-4,9-12,15-16H2,1H3,(H,25,26)(H,27,30). The van der Waals surface area contributed by atoms with Gasteiger partial charge >= 0.3 is 0 Å². The predicted octanol–water partition coefficient (Wildman–Crippen LogP) is 3.86. The molecule has 0 bridgehead atoms. The van der Waals surface area contributed by atoms with Crippen LogP contribution >= 0.6 is 0 Å². The lowest BCUT2D eigenvalue weighted by molar-refractivity contribution is -0.117. The summed E-state index contributed by atoms with van der Waals surface area (Å²) in [5.74, 6) is 0.803. The molecule has 7 nitrogen and oxygen atoms in total. The maximum atomic E-state index is 12.8. The number of hydrogen-bond acceptors (Lipinski definition) is 5. The summed E-state index contributed by atoms with van der Waals surface area (Å²) < 4.78 is 5.44. The van der Waals surface area contributed by atoms with E-state index in [1.165, 1.54) is 5.56 Å². The zero-order chi connectivity index (χ0) is 21.6. The summed E-state index contributed by atoms with van der Waals surface area (Å²) in [5.41, 5.74) is 3.12. The molecule has 164 valence electrons. The first-order valence-electron chi connectivity index (χ1n) is 11.2. The number of carbonyl (C=O) groups is 2. The van der Waals surface area contributed by atoms with Crippen molar-refractivity contribution in [2.75, 3.05) is 41.8 Å². The minimum Gasteiger partial charge on any atom is -0.381 e. The highest BCUT2D eigenvalue weighted by Gasteiger charge is 2.29. The molecule has 2 aliphatic rings. The summed E-state index contributed by atoms with van der Waals surface area (Å²) in [6.45, 7) is 4.49. The molecular weight excluding hydrogens is 392 g/mol. The third-order valence-electron chi connectivity index (χ3n) is 5.94. The molecule has 0 saturated carbocycles. The summed E-state index contributed by atoms with van der Waals surface area (Å²) in [6.07, 6.45) is 6.79. The molecule has 0 radical (unpaired) electrons. The van der Waals surface area contributed by atoms with Crippen LogP contribution in [-0.2, 0) is 16.0 Å². The predicted molar refractivity (Wildman–Crippen MR) is 122 cm³/mol. The van der Waals surface area contributed by atoms with E-state index in [0.717, 1.165) is 51.0 Å². The second-order valence-electron chi connectivity index (χ2n) is 8.26. The second kappa shape index (κ2) is 9.92. The van der Waals surface area contributed by atoms with Gasteiger partial charge in [0.05, 0.1) is 17.8 Å². The van der Waals surface area contributed by atoms with Crippen molar-refractivity contribution in [2.45, 2.75) is 39.0 Å². The number of aryl methyl sites for hydroxylation is 1. The molecule has 2 amide bonds. The number of pyridine rings is 1. The van der Waals surface area contributed by atoms with E-state index in [1.807, 2.05) is 12.1 Å². The number of ether oxygens (including phenoxy) is 1. The highest BCUT2D eigenvalue weighted by atomic mass is 16.5. The van der Waals surface area contributed by atoms with Crippen LogP contribution in [0.3, 0.4) is 0 Å². The quantitative estimate of drug-likeness (QED) is 0.708. The molecule has 2 aliphatic heterocycles. The number of fused-ring (bicyclic) bond motifs is 1. The van der Waals surface area contributed by atoms with Crippen LogP contribution < -0.4 is 15.5 Å². The molecule has 1 saturated heterocycles. The summed E-state index contributed by atoms with van der Waals surface area (Å²) in [4.78, 5) is 31.6. The highest BCUT2D eigenvalue weighted by molar-refractivity contribution is 6.07. The van der Waals surface area contributed by atoms with Gasteiger partial charge in [0, 0.05) is 31.6 Å². The second-order valence-corrected chi connectivity index (χ2v) is 8.26. The number of aromatic nitrogens is 1. The van der Waals surface area contributed by atoms with E-state index in [9.17, 15) is 9.59 Å². The molecule has 0 atom stereocenters. The molecule has 1 aromatic heterocycles. The molecule has 2 N–H and O–H groups in total. The Bertz CT molecular complexity index is 923. The van der Waals surface area contributed by atoms with Gasteiger partial charge in [-0.2, -0.15) is 0 Å². The van der Waals surface area contributed by atoms with Crippen molar-refractivity contribution in [3.63, 3.8) is 0 Å². The zero-order valence-corrected chi connectivity index (χ0v) is 18.0. The fraction of sp³-hybridized carbons (Fsp3) is 0.458. The topological polar surface area (TPSA) is 83.6 Å². The Balaban J connectivity index is 1.48. The van der Waals surface area contributed by atoms with Crippen molar-refractivity contribution in [1.82, 2.24) is 4.98 Å². The van der Waals surface area contributed by atoms with Crippen molar-refractivity contribution in [3.05, 3.63) is 47.7 Å². The SMILES string of the molecule is CCCCc1ccc(NC(=O)c2cnc3c(c2)N(CC2CCOCC2)C(=O)CN3)cc1. The Morgan fingerprint density at radius 2 is 2.03 bits per heavy atom. The van der Waals surface area contributed by atoms with Crippen LogP contribution in [0.2, 0.25) is 0 Å². The Labute approximate surface area is 183 Å². The maximum Gasteiger partial charge on any atom is 0.257 e. The van der Waals surface area contributed by atoms with Crippen LogP contribution in [0.15, 0.2) is 36.5 Å². The van der Waals surface area contributed by atoms with E-state index in [0.29, 0.717) is 29.5 Å². The average molecular weight is 423 g/mol. The van der Waals surface area contributed by atoms with Crippen LogP contribution in [-0.4, -0.2) is 43.1 Å². The van der Waals surface area contributed by atoms with E-state index in [2.05, 4.69) is 34.7 Å². The van der Waals surface area contributed by atoms with Gasteiger partial charge in [-0.1, -0.05) is 25.5 Å². The molecule has 4 rings (SSSR count). The summed E-state index contributed by atoms with van der Waals surface area (Å²) >= 11 is 0. The smallest absolute Gasteiger partial charge is 0.257 e. The van der Waals surface area contributed by atoms with E-state index in [4.69, 9.17) is 4.74 Å². The molecule has 0 unspecified atom stereocenters. The number of benzene rings is 1. The fourth-order valence-corrected chi connectivity index (χ4v) is 4.03. The molecule has 0 aliphatic carbocycles. The van der Waals surface area contributed by atoms with Gasteiger partial charge < -0.3 is 20.3 Å². The van der Waals surface area contributed by atoms with E-state index in [-0.39, 0.29) is 18.4 Å². The molecule has 1 fully saturated rings. The summed E-state index contributed by atoms with van der Waals surface area (Å²) in [7, 11) is 0. The Morgan fingerprint density at radius 1 is 1.26 bits per heavy atom. The highest BCUT2D eigenvalue weighted by Crippen LogP contribution is 2.31. The van der Waals surface area contributed by atoms with E-state index in [1.54, 1.807) is 17.2 Å². The fourth-order valence-electron chi connectivity index (χ4n) is 4.03. The third kappa shape index (κ3) is 5.22. The molecular formula is C24H30N4O3. The van der Waals surface area contributed by atoms with Gasteiger partial charge in [0.1, 0.15) is 5.82 Å². The van der Waals surface area contributed by atoms with Crippen molar-refractivity contribution in [1.29, 1.82) is 0 Å². The first-order valence-corrected chi connectivity index (χ1v) is 11.2. The number of nitrogens with one attached hydrogen (secondary N) is 2. The van der Waals surface area contributed by atoms with Gasteiger partial charge in [0.25, 0.3) is 5.91 Å². The van der Waals surface area contributed by atoms with Crippen molar-refractivity contribution >= 4 is 29.0 Å². The van der Waals surface area contributed by atoms with Crippen molar-refractivity contribution in [3.8, 4) is 0 Å². The number of amides is 2. The van der Waals surface area contributed by atoms with Crippen molar-refractivity contribution in [2.24, 2.45) is 5.92 Å². The lowest BCUT2D eigenvalue weighted by atomic mass is 9.99. The van der Waals surface area contributed by atoms with Gasteiger partial charge in [-0.25, -0.2) is 4.98 Å². The van der Waals surface area contributed by atoms with Crippen LogP contribution in [0.5, 0.6) is 0 Å². The van der Waals surface area contributed by atoms with Crippen LogP contribution in [0.1, 0.15) is 48.5 Å². The Kier molecular flexibility index (Phi) is 6.82. The normalized spacial score (nSPS) is 16.5. The monoisotopic (exact) mass is 422 g/mol. The molecule has 31 heavy (non-hydrogen) atoms. The largest absolute Gasteiger partial charge is 0.381 e. The lowest BCUT2D eigenvalue weighted by Crippen LogP contribution is -2.44. The van der Waals surface area contributed by atoms with E-state index < -0.39 is 0 Å². The zero-order valence-electron chi connectivity index (χ0n) is 18.0. The van der Waals surface area contributed by atoms with Crippen LogP contribution in [0.4, 0.5) is 17.2 Å². The summed E-state index contributed by atoms with van der Waals surface area (Å²) in [5, 5.41) is 6.00. The van der Waals surface area contributed by atoms with Gasteiger partial charge in [0.15, 0.2) is 0 Å².